The Morgan fingerprint density at radius 3 is 1.39 bits per heavy atom. The summed E-state index contributed by atoms with van der Waals surface area (Å²) >= 11 is 0. The molecule has 9 aromatic carbocycles. The highest BCUT2D eigenvalue weighted by atomic mass is 15.1. The number of aromatic nitrogens is 1. The number of benzene rings is 9. The van der Waals surface area contributed by atoms with Crippen LogP contribution in [0.15, 0.2) is 231 Å². The molecule has 0 N–H and O–H groups in total. The summed E-state index contributed by atoms with van der Waals surface area (Å²) in [6, 6.07) is 83.0. The summed E-state index contributed by atoms with van der Waals surface area (Å²) in [5, 5.41) is 2.50. The van der Waals surface area contributed by atoms with Crippen LogP contribution in [0.1, 0.15) is 0 Å². The van der Waals surface area contributed by atoms with Crippen molar-refractivity contribution in [2.75, 3.05) is 4.90 Å². The zero-order valence-corrected chi connectivity index (χ0v) is 30.8. The Labute approximate surface area is 327 Å². The van der Waals surface area contributed by atoms with Gasteiger partial charge in [-0.05, 0) is 99.6 Å². The van der Waals surface area contributed by atoms with E-state index in [-0.39, 0.29) is 0 Å². The van der Waals surface area contributed by atoms with Crippen molar-refractivity contribution in [2.45, 2.75) is 0 Å². The molecule has 0 saturated heterocycles. The van der Waals surface area contributed by atoms with Gasteiger partial charge in [-0.2, -0.15) is 0 Å². The molecule has 0 unspecified atom stereocenters. The molecule has 0 atom stereocenters. The summed E-state index contributed by atoms with van der Waals surface area (Å²) in [5.74, 6) is 0. The summed E-state index contributed by atoms with van der Waals surface area (Å²) in [5.41, 5.74) is 16.4. The SMILES string of the molecule is c1ccc(-c2ccc(N(c3ccc(-c4ccccc4-n4c5ccccc5c5cc(-c6ccccc6)ccc54)cc3)c3cccc(-c4ccccc4)c3)cc2)cc1. The van der Waals surface area contributed by atoms with Gasteiger partial charge >= 0.3 is 0 Å². The van der Waals surface area contributed by atoms with Crippen molar-refractivity contribution in [1.29, 1.82) is 0 Å². The predicted octanol–water partition coefficient (Wildman–Crippen LogP) is 14.9. The first-order valence-electron chi connectivity index (χ1n) is 19.2. The monoisotopic (exact) mass is 714 g/mol. The Kier molecular flexibility index (Phi) is 8.55. The Balaban J connectivity index is 1.07. The summed E-state index contributed by atoms with van der Waals surface area (Å²) < 4.78 is 2.43. The fourth-order valence-electron chi connectivity index (χ4n) is 8.08. The topological polar surface area (TPSA) is 8.17 Å². The van der Waals surface area contributed by atoms with Gasteiger partial charge in [-0.3, -0.25) is 0 Å². The quantitative estimate of drug-likeness (QED) is 0.152. The molecule has 0 amide bonds. The number of nitrogens with zero attached hydrogens (tertiary/aromatic N) is 2. The third-order valence-corrected chi connectivity index (χ3v) is 10.8. The molecule has 0 spiro atoms. The van der Waals surface area contributed by atoms with Crippen LogP contribution < -0.4 is 4.90 Å². The molecule has 0 aliphatic heterocycles. The van der Waals surface area contributed by atoms with E-state index in [2.05, 4.69) is 240 Å². The van der Waals surface area contributed by atoms with E-state index in [9.17, 15) is 0 Å². The van der Waals surface area contributed by atoms with Crippen LogP contribution in [0.3, 0.4) is 0 Å². The molecule has 0 aliphatic carbocycles. The maximum atomic E-state index is 2.43. The molecular formula is C54H38N2. The molecule has 56 heavy (non-hydrogen) atoms. The largest absolute Gasteiger partial charge is 0.310 e. The van der Waals surface area contributed by atoms with Crippen LogP contribution in [0.5, 0.6) is 0 Å². The highest BCUT2D eigenvalue weighted by molar-refractivity contribution is 6.11. The van der Waals surface area contributed by atoms with Gasteiger partial charge in [0, 0.05) is 33.4 Å². The van der Waals surface area contributed by atoms with Gasteiger partial charge in [-0.1, -0.05) is 170 Å². The Morgan fingerprint density at radius 2 is 0.732 bits per heavy atom. The molecule has 10 aromatic rings. The van der Waals surface area contributed by atoms with Crippen molar-refractivity contribution in [2.24, 2.45) is 0 Å². The third-order valence-electron chi connectivity index (χ3n) is 10.8. The minimum atomic E-state index is 1.09. The maximum Gasteiger partial charge on any atom is 0.0541 e. The standard InChI is InChI=1S/C54H38N2/c1-4-15-39(16-5-1)42-27-32-46(33-28-42)55(48-22-14-21-44(37-48)40-17-6-2-7-18-40)47-34-29-43(30-35-47)49-23-10-12-25-52(49)56-53-26-13-11-24-50(53)51-38-45(31-36-54(51)56)41-19-8-3-9-20-41/h1-38H. The van der Waals surface area contributed by atoms with Crippen molar-refractivity contribution >= 4 is 38.9 Å². The van der Waals surface area contributed by atoms with Gasteiger partial charge in [0.1, 0.15) is 0 Å². The summed E-state index contributed by atoms with van der Waals surface area (Å²) in [6.07, 6.45) is 0. The second-order valence-corrected chi connectivity index (χ2v) is 14.2. The Morgan fingerprint density at radius 1 is 0.268 bits per heavy atom. The van der Waals surface area contributed by atoms with E-state index < -0.39 is 0 Å². The van der Waals surface area contributed by atoms with Crippen LogP contribution >= 0.6 is 0 Å². The van der Waals surface area contributed by atoms with Crippen molar-refractivity contribution < 1.29 is 0 Å². The molecule has 0 fully saturated rings. The fraction of sp³-hybridized carbons (Fsp3) is 0. The minimum absolute atomic E-state index is 1.09. The fourth-order valence-corrected chi connectivity index (χ4v) is 8.08. The molecule has 1 aromatic heterocycles. The molecular weight excluding hydrogens is 677 g/mol. The lowest BCUT2D eigenvalue weighted by Gasteiger charge is -2.26. The van der Waals surface area contributed by atoms with E-state index in [4.69, 9.17) is 0 Å². The summed E-state index contributed by atoms with van der Waals surface area (Å²) in [6.45, 7) is 0. The van der Waals surface area contributed by atoms with Gasteiger partial charge < -0.3 is 9.47 Å². The Bertz CT molecular complexity index is 2930. The first kappa shape index (κ1) is 33.2. The molecule has 0 saturated carbocycles. The van der Waals surface area contributed by atoms with E-state index in [1.165, 1.54) is 60.8 Å². The van der Waals surface area contributed by atoms with Gasteiger partial charge in [0.15, 0.2) is 0 Å². The molecule has 0 radical (unpaired) electrons. The van der Waals surface area contributed by atoms with Gasteiger partial charge in [-0.15, -0.1) is 0 Å². The molecule has 2 heteroatoms. The van der Waals surface area contributed by atoms with Crippen LogP contribution in [0, 0.1) is 0 Å². The van der Waals surface area contributed by atoms with Crippen LogP contribution in [0.4, 0.5) is 17.1 Å². The summed E-state index contributed by atoms with van der Waals surface area (Å²) in [7, 11) is 0. The van der Waals surface area contributed by atoms with E-state index in [1.807, 2.05) is 0 Å². The van der Waals surface area contributed by atoms with Crippen LogP contribution in [-0.4, -0.2) is 4.57 Å². The highest BCUT2D eigenvalue weighted by Gasteiger charge is 2.18. The van der Waals surface area contributed by atoms with Crippen LogP contribution in [-0.2, 0) is 0 Å². The molecule has 1 heterocycles. The second-order valence-electron chi connectivity index (χ2n) is 14.2. The molecule has 0 aliphatic rings. The van der Waals surface area contributed by atoms with Crippen LogP contribution in [0.2, 0.25) is 0 Å². The minimum Gasteiger partial charge on any atom is -0.310 e. The van der Waals surface area contributed by atoms with E-state index >= 15 is 0 Å². The third kappa shape index (κ3) is 6.14. The average molecular weight is 715 g/mol. The van der Waals surface area contributed by atoms with E-state index in [0.717, 1.165) is 28.3 Å². The lowest BCUT2D eigenvalue weighted by atomic mass is 10.0. The highest BCUT2D eigenvalue weighted by Crippen LogP contribution is 2.41. The number of hydrogen-bond donors (Lipinski definition) is 0. The van der Waals surface area contributed by atoms with Gasteiger partial charge in [0.25, 0.3) is 0 Å². The van der Waals surface area contributed by atoms with Gasteiger partial charge in [0.2, 0.25) is 0 Å². The lowest BCUT2D eigenvalue weighted by molar-refractivity contribution is 1.18. The Hall–Kier alpha value is -7.42. The van der Waals surface area contributed by atoms with Crippen molar-refractivity contribution in [1.82, 2.24) is 4.57 Å². The van der Waals surface area contributed by atoms with Crippen molar-refractivity contribution in [3.05, 3.63) is 231 Å². The normalized spacial score (nSPS) is 11.2. The van der Waals surface area contributed by atoms with E-state index in [0.29, 0.717) is 0 Å². The van der Waals surface area contributed by atoms with Gasteiger partial charge in [-0.25, -0.2) is 0 Å². The van der Waals surface area contributed by atoms with Crippen molar-refractivity contribution in [3.63, 3.8) is 0 Å². The smallest absolute Gasteiger partial charge is 0.0541 e. The van der Waals surface area contributed by atoms with Gasteiger partial charge in [0.05, 0.1) is 16.7 Å². The number of anilines is 3. The zero-order chi connectivity index (χ0) is 37.3. The molecule has 2 nitrogen and oxygen atoms in total. The predicted molar refractivity (Wildman–Crippen MR) is 237 cm³/mol. The number of fused-ring (bicyclic) bond motifs is 3. The first-order valence-corrected chi connectivity index (χ1v) is 19.2. The second kappa shape index (κ2) is 14.4. The van der Waals surface area contributed by atoms with E-state index in [1.54, 1.807) is 0 Å². The summed E-state index contributed by atoms with van der Waals surface area (Å²) in [4.78, 5) is 2.36. The zero-order valence-electron chi connectivity index (χ0n) is 30.8. The average Bonchev–Trinajstić information content (AvgIpc) is 3.61. The molecule has 10 rings (SSSR count). The first-order chi connectivity index (χ1) is 27.8. The van der Waals surface area contributed by atoms with Crippen molar-refractivity contribution in [3.8, 4) is 50.2 Å². The van der Waals surface area contributed by atoms with Crippen LogP contribution in [0.25, 0.3) is 72.0 Å². The molecule has 0 bridgehead atoms. The number of rotatable bonds is 8. The number of hydrogen-bond acceptors (Lipinski definition) is 1. The number of para-hydroxylation sites is 2. The maximum absolute atomic E-state index is 2.43. The molecule has 264 valence electrons. The lowest BCUT2D eigenvalue weighted by Crippen LogP contribution is -2.10.